The summed E-state index contributed by atoms with van der Waals surface area (Å²) < 4.78 is 0.696. The molecule has 0 aromatic heterocycles. The summed E-state index contributed by atoms with van der Waals surface area (Å²) in [5.74, 6) is 0. The van der Waals surface area contributed by atoms with Crippen molar-refractivity contribution >= 4 is 28.6 Å². The van der Waals surface area contributed by atoms with E-state index in [0.29, 0.717) is 4.43 Å². The molecule has 0 aliphatic heterocycles. The Kier molecular flexibility index (Phi) is 4.42. The minimum atomic E-state index is -0.588. The highest BCUT2D eigenvalue weighted by atomic mass is 127. The van der Waals surface area contributed by atoms with Crippen molar-refractivity contribution in [2.24, 2.45) is 5.73 Å². The summed E-state index contributed by atoms with van der Waals surface area (Å²) >= 11 is 2.27. The highest BCUT2D eigenvalue weighted by molar-refractivity contribution is 14.1. The van der Waals surface area contributed by atoms with Crippen LogP contribution in [0.3, 0.4) is 0 Å². The Labute approximate surface area is 126 Å². The van der Waals surface area contributed by atoms with Gasteiger partial charge in [-0.25, -0.2) is 4.79 Å². The zero-order chi connectivity index (χ0) is 13.7. The third kappa shape index (κ3) is 2.89. The molecule has 0 unspecified atom stereocenters. The molecular weight excluding hydrogens is 351 g/mol. The molecule has 4 heteroatoms. The van der Waals surface area contributed by atoms with E-state index in [-0.39, 0.29) is 0 Å². The van der Waals surface area contributed by atoms with E-state index in [2.05, 4.69) is 27.9 Å². The Morgan fingerprint density at radius 1 is 1.00 bits per heavy atom. The highest BCUT2D eigenvalue weighted by Crippen LogP contribution is 2.31. The number of nitrogens with one attached hydrogen (secondary N) is 1. The second-order valence-electron chi connectivity index (χ2n) is 4.26. The molecule has 0 heterocycles. The predicted octanol–water partition coefficient (Wildman–Crippen LogP) is 3.03. The van der Waals surface area contributed by atoms with Gasteiger partial charge in [0.15, 0.2) is 0 Å². The van der Waals surface area contributed by atoms with Gasteiger partial charge in [-0.15, -0.1) is 0 Å². The fourth-order valence-electron chi connectivity index (χ4n) is 2.15. The number of carbonyl (C=O) groups excluding carboxylic acids is 1. The summed E-state index contributed by atoms with van der Waals surface area (Å²) in [5, 5.41) is 2.91. The average Bonchev–Trinajstić information content (AvgIpc) is 2.46. The molecular formula is C15H15IN2O. The lowest BCUT2D eigenvalue weighted by molar-refractivity contribution is 0.241. The Morgan fingerprint density at radius 3 is 1.74 bits per heavy atom. The SMILES string of the molecule is NC(=O)NC(CI)(c1ccccc1)c1ccccc1. The fraction of sp³-hybridized carbons (Fsp3) is 0.133. The summed E-state index contributed by atoms with van der Waals surface area (Å²) in [7, 11) is 0. The second-order valence-corrected chi connectivity index (χ2v) is 5.02. The van der Waals surface area contributed by atoms with Crippen molar-refractivity contribution in [2.45, 2.75) is 5.54 Å². The number of alkyl halides is 1. The average molecular weight is 366 g/mol. The Balaban J connectivity index is 2.58. The van der Waals surface area contributed by atoms with Gasteiger partial charge in [-0.2, -0.15) is 0 Å². The monoisotopic (exact) mass is 366 g/mol. The molecule has 0 saturated heterocycles. The number of hydrogen-bond acceptors (Lipinski definition) is 1. The summed E-state index contributed by atoms with van der Waals surface area (Å²) in [6, 6.07) is 19.2. The molecule has 0 spiro atoms. The van der Waals surface area contributed by atoms with E-state index in [1.807, 2.05) is 60.7 Å². The molecule has 98 valence electrons. The molecule has 0 aliphatic carbocycles. The molecule has 2 aromatic carbocycles. The van der Waals surface area contributed by atoms with Gasteiger partial charge in [0, 0.05) is 4.43 Å². The number of carbonyl (C=O) groups is 1. The van der Waals surface area contributed by atoms with E-state index in [1.165, 1.54) is 0 Å². The van der Waals surface area contributed by atoms with Gasteiger partial charge >= 0.3 is 6.03 Å². The van der Waals surface area contributed by atoms with Crippen LogP contribution < -0.4 is 11.1 Å². The maximum Gasteiger partial charge on any atom is 0.313 e. The highest BCUT2D eigenvalue weighted by Gasteiger charge is 2.34. The van der Waals surface area contributed by atoms with Crippen LogP contribution >= 0.6 is 22.6 Å². The first-order valence-electron chi connectivity index (χ1n) is 5.93. The van der Waals surface area contributed by atoms with Crippen LogP contribution in [0.2, 0.25) is 0 Å². The standard InChI is InChI=1S/C15H15IN2O/c16-11-15(18-14(17)19,12-7-3-1-4-8-12)13-9-5-2-6-10-13/h1-10H,11H2,(H3,17,18,19). The fourth-order valence-corrected chi connectivity index (χ4v) is 3.23. The van der Waals surface area contributed by atoms with Crippen LogP contribution in [-0.4, -0.2) is 10.5 Å². The van der Waals surface area contributed by atoms with Crippen molar-refractivity contribution in [3.05, 3.63) is 71.8 Å². The number of benzene rings is 2. The molecule has 0 radical (unpaired) electrons. The Hall–Kier alpha value is -1.56. The van der Waals surface area contributed by atoms with Crippen molar-refractivity contribution in [1.29, 1.82) is 0 Å². The summed E-state index contributed by atoms with van der Waals surface area (Å²) in [6.07, 6.45) is 0. The maximum atomic E-state index is 11.4. The largest absolute Gasteiger partial charge is 0.352 e. The zero-order valence-corrected chi connectivity index (χ0v) is 12.5. The molecule has 0 saturated carbocycles. The van der Waals surface area contributed by atoms with Gasteiger partial charge in [-0.05, 0) is 11.1 Å². The minimum absolute atomic E-state index is 0.524. The lowest BCUT2D eigenvalue weighted by Gasteiger charge is -2.33. The van der Waals surface area contributed by atoms with Crippen LogP contribution in [0.15, 0.2) is 60.7 Å². The van der Waals surface area contributed by atoms with Crippen molar-refractivity contribution in [3.63, 3.8) is 0 Å². The van der Waals surface area contributed by atoms with E-state index in [0.717, 1.165) is 11.1 Å². The number of nitrogens with two attached hydrogens (primary N) is 1. The number of halogens is 1. The molecule has 0 fully saturated rings. The van der Waals surface area contributed by atoms with Gasteiger partial charge < -0.3 is 11.1 Å². The Morgan fingerprint density at radius 2 is 1.42 bits per heavy atom. The molecule has 2 rings (SSSR count). The smallest absolute Gasteiger partial charge is 0.313 e. The third-order valence-electron chi connectivity index (χ3n) is 3.07. The van der Waals surface area contributed by atoms with E-state index < -0.39 is 11.6 Å². The predicted molar refractivity (Wildman–Crippen MR) is 85.3 cm³/mol. The number of urea groups is 1. The quantitative estimate of drug-likeness (QED) is 0.634. The van der Waals surface area contributed by atoms with E-state index in [4.69, 9.17) is 5.73 Å². The number of rotatable bonds is 4. The first-order valence-corrected chi connectivity index (χ1v) is 7.46. The van der Waals surface area contributed by atoms with Crippen LogP contribution in [0.1, 0.15) is 11.1 Å². The lowest BCUT2D eigenvalue weighted by Crippen LogP contribution is -2.50. The normalized spacial score (nSPS) is 11.0. The number of hydrogen-bond donors (Lipinski definition) is 2. The van der Waals surface area contributed by atoms with Crippen LogP contribution in [0.4, 0.5) is 4.79 Å². The van der Waals surface area contributed by atoms with Gasteiger partial charge in [0.2, 0.25) is 0 Å². The Bertz CT molecular complexity index is 503. The van der Waals surface area contributed by atoms with E-state index >= 15 is 0 Å². The minimum Gasteiger partial charge on any atom is -0.352 e. The van der Waals surface area contributed by atoms with E-state index in [9.17, 15) is 4.79 Å². The van der Waals surface area contributed by atoms with Crippen LogP contribution in [0.25, 0.3) is 0 Å². The van der Waals surface area contributed by atoms with Crippen molar-refractivity contribution < 1.29 is 4.79 Å². The first kappa shape index (κ1) is 13.9. The molecule has 0 bridgehead atoms. The van der Waals surface area contributed by atoms with Gasteiger partial charge in [-0.3, -0.25) is 0 Å². The topological polar surface area (TPSA) is 55.1 Å². The molecule has 2 amide bonds. The summed E-state index contributed by atoms with van der Waals surface area (Å²) in [4.78, 5) is 11.4. The van der Waals surface area contributed by atoms with Gasteiger partial charge in [0.25, 0.3) is 0 Å². The first-order chi connectivity index (χ1) is 9.19. The number of amides is 2. The maximum absolute atomic E-state index is 11.4. The van der Waals surface area contributed by atoms with Crippen molar-refractivity contribution in [1.82, 2.24) is 5.32 Å². The molecule has 0 atom stereocenters. The van der Waals surface area contributed by atoms with Crippen molar-refractivity contribution in [3.8, 4) is 0 Å². The van der Waals surface area contributed by atoms with E-state index in [1.54, 1.807) is 0 Å². The lowest BCUT2D eigenvalue weighted by atomic mass is 9.84. The number of primary amides is 1. The molecule has 0 aliphatic rings. The van der Waals surface area contributed by atoms with Gasteiger partial charge in [0.1, 0.15) is 5.54 Å². The van der Waals surface area contributed by atoms with Crippen molar-refractivity contribution in [2.75, 3.05) is 4.43 Å². The molecule has 3 N–H and O–H groups in total. The second kappa shape index (κ2) is 6.06. The summed E-state index contributed by atoms with van der Waals surface area (Å²) in [6.45, 7) is 0. The van der Waals surface area contributed by atoms with Crippen LogP contribution in [0, 0.1) is 0 Å². The van der Waals surface area contributed by atoms with Crippen LogP contribution in [-0.2, 0) is 5.54 Å². The molecule has 3 nitrogen and oxygen atoms in total. The van der Waals surface area contributed by atoms with Gasteiger partial charge in [-0.1, -0.05) is 83.3 Å². The molecule has 19 heavy (non-hydrogen) atoms. The van der Waals surface area contributed by atoms with Gasteiger partial charge in [0.05, 0.1) is 0 Å². The van der Waals surface area contributed by atoms with Crippen LogP contribution in [0.5, 0.6) is 0 Å². The molecule has 2 aromatic rings. The third-order valence-corrected chi connectivity index (χ3v) is 4.21. The zero-order valence-electron chi connectivity index (χ0n) is 10.3. The summed E-state index contributed by atoms with van der Waals surface area (Å²) in [5.41, 5.74) is 6.83.